The summed E-state index contributed by atoms with van der Waals surface area (Å²) in [5.74, 6) is 1.10. The van der Waals surface area contributed by atoms with Crippen LogP contribution in [0.1, 0.15) is 72.6 Å². The van der Waals surface area contributed by atoms with Crippen LogP contribution in [0.25, 0.3) is 0 Å². The molecule has 7 heteroatoms. The Morgan fingerprint density at radius 3 is 2.68 bits per heavy atom. The van der Waals surface area contributed by atoms with Gasteiger partial charge in [0, 0.05) is 30.3 Å². The van der Waals surface area contributed by atoms with Crippen molar-refractivity contribution < 1.29 is 23.5 Å². The Kier molecular flexibility index (Phi) is 8.53. The van der Waals surface area contributed by atoms with Crippen molar-refractivity contribution in [3.63, 3.8) is 0 Å². The van der Waals surface area contributed by atoms with Gasteiger partial charge < -0.3 is 14.4 Å². The molecule has 1 N–H and O–H groups in total. The number of ether oxygens (including phenoxy) is 1. The van der Waals surface area contributed by atoms with Gasteiger partial charge in [0.2, 0.25) is 0 Å². The lowest BCUT2D eigenvalue weighted by Crippen LogP contribution is -2.17. The molecule has 3 atom stereocenters. The van der Waals surface area contributed by atoms with Crippen molar-refractivity contribution in [2.45, 2.75) is 59.5 Å². The first-order valence-electron chi connectivity index (χ1n) is 12.7. The van der Waals surface area contributed by atoms with Crippen molar-refractivity contribution in [1.82, 2.24) is 4.98 Å². The fourth-order valence-corrected chi connectivity index (χ4v) is 6.17. The van der Waals surface area contributed by atoms with Crippen molar-refractivity contribution in [2.75, 3.05) is 13.0 Å². The standard InChI is InChI=1S/C30H36NO5P/c1-6-20(2)23(5)28-17-24(9-10-29(28)32)16-27-21(3)14-26(15-22(27)4)34-19-37(33)35-13-11-30(36-37)25-8-7-12-31-18-25/h6-10,12,14-15,17-18,23,30,32H,11,13,16,19H2,1-5H3/b20-6+/t23?,30-,37-/m0/s1. The van der Waals surface area contributed by atoms with Gasteiger partial charge in [-0.25, -0.2) is 0 Å². The predicted octanol–water partition coefficient (Wildman–Crippen LogP) is 7.77. The van der Waals surface area contributed by atoms with Crippen molar-refractivity contribution in [1.29, 1.82) is 0 Å². The number of phenolic OH excluding ortho intramolecular Hbond substituents is 1. The van der Waals surface area contributed by atoms with Gasteiger partial charge in [-0.15, -0.1) is 0 Å². The molecule has 196 valence electrons. The first kappa shape index (κ1) is 27.1. The van der Waals surface area contributed by atoms with Gasteiger partial charge in [-0.3, -0.25) is 14.1 Å². The van der Waals surface area contributed by atoms with Crippen LogP contribution in [-0.2, 0) is 20.0 Å². The molecule has 1 aliphatic rings. The Hall–Kier alpha value is -2.92. The average molecular weight is 522 g/mol. The second-order valence-corrected chi connectivity index (χ2v) is 11.7. The molecule has 37 heavy (non-hydrogen) atoms. The molecule has 1 aliphatic heterocycles. The first-order valence-corrected chi connectivity index (χ1v) is 14.4. The van der Waals surface area contributed by atoms with Crippen molar-refractivity contribution in [3.05, 3.63) is 99.9 Å². The normalized spacial score (nSPS) is 21.0. The minimum atomic E-state index is -3.41. The highest BCUT2D eigenvalue weighted by molar-refractivity contribution is 7.53. The number of pyridine rings is 1. The van der Waals surface area contributed by atoms with Gasteiger partial charge in [-0.1, -0.05) is 36.8 Å². The third-order valence-electron chi connectivity index (χ3n) is 7.15. The van der Waals surface area contributed by atoms with Crippen LogP contribution >= 0.6 is 7.60 Å². The number of aryl methyl sites for hydroxylation is 2. The summed E-state index contributed by atoms with van der Waals surface area (Å²) in [6.45, 7) is 10.7. The number of phenols is 1. The topological polar surface area (TPSA) is 77.9 Å². The number of hydrogen-bond donors (Lipinski definition) is 1. The summed E-state index contributed by atoms with van der Waals surface area (Å²) < 4.78 is 30.6. The van der Waals surface area contributed by atoms with E-state index < -0.39 is 7.60 Å². The monoisotopic (exact) mass is 521 g/mol. The molecule has 1 aromatic heterocycles. The van der Waals surface area contributed by atoms with Crippen LogP contribution in [0.4, 0.5) is 0 Å². The highest BCUT2D eigenvalue weighted by atomic mass is 31.2. The van der Waals surface area contributed by atoms with E-state index in [0.717, 1.165) is 34.2 Å². The smallest absolute Gasteiger partial charge is 0.368 e. The molecule has 0 bridgehead atoms. The van der Waals surface area contributed by atoms with E-state index in [1.165, 1.54) is 11.1 Å². The number of benzene rings is 2. The second-order valence-electron chi connectivity index (χ2n) is 9.75. The van der Waals surface area contributed by atoms with E-state index in [-0.39, 0.29) is 18.4 Å². The molecule has 2 heterocycles. The number of hydrogen-bond acceptors (Lipinski definition) is 6. The molecule has 2 aromatic carbocycles. The molecule has 6 nitrogen and oxygen atoms in total. The molecule has 1 unspecified atom stereocenters. The molecule has 0 radical (unpaired) electrons. The van der Waals surface area contributed by atoms with Gasteiger partial charge in [0.05, 0.1) is 12.7 Å². The SMILES string of the molecule is C/C=C(\C)C(C)c1cc(Cc2c(C)cc(OC[P@]3(=O)OCC[C@@H](c4cccnc4)O3)cc2C)ccc1O. The molecule has 0 spiro atoms. The maximum atomic E-state index is 13.2. The van der Waals surface area contributed by atoms with E-state index in [4.69, 9.17) is 13.8 Å². The third-order valence-corrected chi connectivity index (χ3v) is 8.75. The van der Waals surface area contributed by atoms with E-state index >= 15 is 0 Å². The lowest BCUT2D eigenvalue weighted by atomic mass is 9.89. The maximum absolute atomic E-state index is 13.2. The first-order chi connectivity index (χ1) is 17.7. The summed E-state index contributed by atoms with van der Waals surface area (Å²) in [4.78, 5) is 4.13. The zero-order valence-corrected chi connectivity index (χ0v) is 23.1. The summed E-state index contributed by atoms with van der Waals surface area (Å²) in [6, 6.07) is 13.5. The molecular weight excluding hydrogens is 485 g/mol. The van der Waals surface area contributed by atoms with E-state index in [9.17, 15) is 9.67 Å². The summed E-state index contributed by atoms with van der Waals surface area (Å²) in [7, 11) is -3.41. The lowest BCUT2D eigenvalue weighted by Gasteiger charge is -2.29. The Bertz CT molecular complexity index is 1300. The summed E-state index contributed by atoms with van der Waals surface area (Å²) in [5, 5.41) is 10.4. The van der Waals surface area contributed by atoms with E-state index in [0.29, 0.717) is 24.5 Å². The highest BCUT2D eigenvalue weighted by Gasteiger charge is 2.35. The molecular formula is C30H36NO5P. The summed E-state index contributed by atoms with van der Waals surface area (Å²) in [5.41, 5.74) is 7.54. The fraction of sp³-hybridized carbons (Fsp3) is 0.367. The molecule has 0 aliphatic carbocycles. The summed E-state index contributed by atoms with van der Waals surface area (Å²) >= 11 is 0. The Morgan fingerprint density at radius 1 is 1.24 bits per heavy atom. The molecule has 1 saturated heterocycles. The van der Waals surface area contributed by atoms with Crippen LogP contribution in [0, 0.1) is 13.8 Å². The minimum Gasteiger partial charge on any atom is -0.508 e. The Balaban J connectivity index is 1.46. The van der Waals surface area contributed by atoms with Crippen LogP contribution in [0.2, 0.25) is 0 Å². The van der Waals surface area contributed by atoms with Gasteiger partial charge in [-0.2, -0.15) is 0 Å². The van der Waals surface area contributed by atoms with Gasteiger partial charge in [0.25, 0.3) is 0 Å². The van der Waals surface area contributed by atoms with Crippen LogP contribution in [0.15, 0.2) is 66.5 Å². The number of allylic oxidation sites excluding steroid dienone is 2. The van der Waals surface area contributed by atoms with Gasteiger partial charge in [-0.05, 0) is 86.2 Å². The number of aromatic hydroxyl groups is 1. The third kappa shape index (κ3) is 6.51. The lowest BCUT2D eigenvalue weighted by molar-refractivity contribution is 0.0723. The van der Waals surface area contributed by atoms with Crippen LogP contribution in [-0.4, -0.2) is 23.0 Å². The Labute approximate surface area is 219 Å². The largest absolute Gasteiger partial charge is 0.508 e. The zero-order chi connectivity index (χ0) is 26.6. The van der Waals surface area contributed by atoms with Crippen molar-refractivity contribution >= 4 is 7.60 Å². The van der Waals surface area contributed by atoms with Gasteiger partial charge in [0.1, 0.15) is 11.5 Å². The van der Waals surface area contributed by atoms with E-state index in [1.54, 1.807) is 18.5 Å². The molecule has 4 rings (SSSR count). The van der Waals surface area contributed by atoms with Crippen molar-refractivity contribution in [3.8, 4) is 11.5 Å². The molecule has 0 saturated carbocycles. The number of nitrogens with zero attached hydrogens (tertiary/aromatic N) is 1. The average Bonchev–Trinajstić information content (AvgIpc) is 2.90. The van der Waals surface area contributed by atoms with Gasteiger partial charge >= 0.3 is 7.60 Å². The zero-order valence-electron chi connectivity index (χ0n) is 22.2. The van der Waals surface area contributed by atoms with E-state index in [2.05, 4.69) is 44.8 Å². The second kappa shape index (κ2) is 11.6. The fourth-order valence-electron chi connectivity index (χ4n) is 4.67. The molecule has 1 fully saturated rings. The quantitative estimate of drug-likeness (QED) is 0.241. The molecule has 3 aromatic rings. The highest BCUT2D eigenvalue weighted by Crippen LogP contribution is 2.55. The number of rotatable bonds is 8. The predicted molar refractivity (Wildman–Crippen MR) is 146 cm³/mol. The minimum absolute atomic E-state index is 0.146. The van der Waals surface area contributed by atoms with Crippen LogP contribution in [0.3, 0.4) is 0 Å². The van der Waals surface area contributed by atoms with Crippen molar-refractivity contribution in [2.24, 2.45) is 0 Å². The van der Waals surface area contributed by atoms with E-state index in [1.807, 2.05) is 37.3 Å². The van der Waals surface area contributed by atoms with Crippen LogP contribution < -0.4 is 4.74 Å². The summed E-state index contributed by atoms with van der Waals surface area (Å²) in [6.07, 6.45) is 6.40. The number of aromatic nitrogens is 1. The van der Waals surface area contributed by atoms with Gasteiger partial charge in [0.15, 0.2) is 6.35 Å². The molecule has 0 amide bonds. The maximum Gasteiger partial charge on any atom is 0.368 e. The van der Waals surface area contributed by atoms with Crippen LogP contribution in [0.5, 0.6) is 11.5 Å². The Morgan fingerprint density at radius 2 is 2.00 bits per heavy atom.